The molecule has 5 heterocycles. The summed E-state index contributed by atoms with van der Waals surface area (Å²) in [4.78, 5) is 36.1. The van der Waals surface area contributed by atoms with Gasteiger partial charge in [-0.1, -0.05) is 35.9 Å². The number of phenols is 1. The van der Waals surface area contributed by atoms with Gasteiger partial charge in [-0.05, 0) is 84.3 Å². The van der Waals surface area contributed by atoms with Gasteiger partial charge in [0.05, 0.1) is 60.8 Å². The molecule has 6 aromatic rings. The molecule has 3 aliphatic rings. The Morgan fingerprint density at radius 3 is 2.45 bits per heavy atom. The first-order chi connectivity index (χ1) is 26.8. The van der Waals surface area contributed by atoms with Gasteiger partial charge >= 0.3 is 0 Å². The van der Waals surface area contributed by atoms with E-state index >= 15 is 4.79 Å². The van der Waals surface area contributed by atoms with Gasteiger partial charge in [0.15, 0.2) is 0 Å². The van der Waals surface area contributed by atoms with Crippen molar-refractivity contribution in [3.8, 4) is 17.0 Å². The lowest BCUT2D eigenvalue weighted by Crippen LogP contribution is -2.52. The zero-order valence-corrected chi connectivity index (χ0v) is 31.3. The number of phenolic OH excluding ortho intramolecular Hbond substituents is 1. The third-order valence-electron chi connectivity index (χ3n) is 11.1. The largest absolute Gasteiger partial charge is 0.508 e. The fourth-order valence-electron chi connectivity index (χ4n) is 8.27. The van der Waals surface area contributed by atoms with Gasteiger partial charge in [0, 0.05) is 73.0 Å². The summed E-state index contributed by atoms with van der Waals surface area (Å²) in [7, 11) is 1.88. The number of aryl methyl sites for hydroxylation is 1. The number of ether oxygens (including phenoxy) is 2. The van der Waals surface area contributed by atoms with Crippen molar-refractivity contribution in [2.75, 3.05) is 44.4 Å². The number of aromatic hydroxyl groups is 1. The first-order valence-corrected chi connectivity index (χ1v) is 19.0. The average molecular weight is 757 g/mol. The Labute approximate surface area is 323 Å². The van der Waals surface area contributed by atoms with Crippen molar-refractivity contribution in [2.24, 2.45) is 7.05 Å². The summed E-state index contributed by atoms with van der Waals surface area (Å²) in [6.45, 7) is 5.46. The molecule has 0 aliphatic carbocycles. The van der Waals surface area contributed by atoms with E-state index in [9.17, 15) is 9.90 Å². The second-order valence-electron chi connectivity index (χ2n) is 14.4. The third-order valence-corrected chi connectivity index (χ3v) is 11.3. The van der Waals surface area contributed by atoms with Crippen LogP contribution < -0.4 is 4.90 Å². The molecule has 0 bridgehead atoms. The minimum atomic E-state index is -0.275. The highest BCUT2D eigenvalue weighted by molar-refractivity contribution is 6.31. The first kappa shape index (κ1) is 35.3. The zero-order valence-electron chi connectivity index (χ0n) is 30.5. The van der Waals surface area contributed by atoms with Crippen LogP contribution in [0.15, 0.2) is 97.2 Å². The number of nitrogens with zero attached hydrogens (tertiary/aromatic N) is 6. The fraction of sp³-hybridized carbons (Fsp3) is 0.279. The number of amides is 2. The van der Waals surface area contributed by atoms with E-state index < -0.39 is 0 Å². The number of hydrogen-bond acceptors (Lipinski definition) is 7. The van der Waals surface area contributed by atoms with Crippen molar-refractivity contribution >= 4 is 45.7 Å². The lowest BCUT2D eigenvalue weighted by molar-refractivity contribution is 0.0193. The maximum absolute atomic E-state index is 15.0. The zero-order chi connectivity index (χ0) is 37.6. The lowest BCUT2D eigenvalue weighted by atomic mass is 9.92. The molecule has 12 heteroatoms. The van der Waals surface area contributed by atoms with Crippen molar-refractivity contribution in [2.45, 2.75) is 32.2 Å². The Morgan fingerprint density at radius 1 is 0.873 bits per heavy atom. The Morgan fingerprint density at radius 2 is 1.64 bits per heavy atom. The molecule has 55 heavy (non-hydrogen) atoms. The number of carbonyl (C=O) groups excluding carboxylic acids is 2. The Kier molecular flexibility index (Phi) is 9.39. The predicted octanol–water partition coefficient (Wildman–Crippen LogP) is 6.81. The van der Waals surface area contributed by atoms with Gasteiger partial charge < -0.3 is 24.0 Å². The summed E-state index contributed by atoms with van der Waals surface area (Å²) in [5.41, 5.74) is 7.65. The van der Waals surface area contributed by atoms with Crippen LogP contribution in [0.5, 0.6) is 5.75 Å². The molecule has 2 amide bonds. The SMILES string of the molecule is Cn1ncc2cc(N(C(=O)c3cc(-c4cc(Cl)ccc4C(=O)N4Cc5ccccc5C[C@H]4CN4CCOCC4)n4c3COCC4)c3ccc(O)cc3)ccc21. The van der Waals surface area contributed by atoms with E-state index in [2.05, 4.69) is 32.8 Å². The molecule has 9 rings (SSSR count). The third kappa shape index (κ3) is 6.67. The van der Waals surface area contributed by atoms with E-state index in [0.717, 1.165) is 48.2 Å². The molecule has 0 radical (unpaired) electrons. The molecule has 280 valence electrons. The number of rotatable bonds is 7. The maximum Gasteiger partial charge on any atom is 0.264 e. The van der Waals surface area contributed by atoms with Gasteiger partial charge in [-0.2, -0.15) is 5.10 Å². The van der Waals surface area contributed by atoms with Crippen LogP contribution in [-0.4, -0.2) is 86.6 Å². The van der Waals surface area contributed by atoms with Crippen LogP contribution in [0.4, 0.5) is 11.4 Å². The summed E-state index contributed by atoms with van der Waals surface area (Å²) in [5.74, 6) is -0.258. The van der Waals surface area contributed by atoms with Crippen LogP contribution in [-0.2, 0) is 42.6 Å². The van der Waals surface area contributed by atoms with Gasteiger partial charge in [-0.25, -0.2) is 0 Å². The first-order valence-electron chi connectivity index (χ1n) is 18.7. The quantitative estimate of drug-likeness (QED) is 0.191. The van der Waals surface area contributed by atoms with Crippen molar-refractivity contribution in [3.63, 3.8) is 0 Å². The summed E-state index contributed by atoms with van der Waals surface area (Å²) in [5, 5.41) is 15.9. The van der Waals surface area contributed by atoms with Crippen molar-refractivity contribution < 1.29 is 24.2 Å². The summed E-state index contributed by atoms with van der Waals surface area (Å²) in [6, 6.07) is 28.0. The van der Waals surface area contributed by atoms with Crippen molar-refractivity contribution in [3.05, 3.63) is 130 Å². The Hall–Kier alpha value is -5.46. The Balaban J connectivity index is 1.13. The molecule has 11 nitrogen and oxygen atoms in total. The van der Waals surface area contributed by atoms with E-state index in [0.29, 0.717) is 71.7 Å². The smallest absolute Gasteiger partial charge is 0.264 e. The van der Waals surface area contributed by atoms with Gasteiger partial charge in [0.25, 0.3) is 11.8 Å². The number of fused-ring (bicyclic) bond motifs is 3. The molecule has 2 aromatic heterocycles. The average Bonchev–Trinajstić information content (AvgIpc) is 3.79. The summed E-state index contributed by atoms with van der Waals surface area (Å²) in [6.07, 6.45) is 2.53. The molecular weight excluding hydrogens is 716 g/mol. The molecule has 4 aromatic carbocycles. The highest BCUT2D eigenvalue weighted by atomic mass is 35.5. The summed E-state index contributed by atoms with van der Waals surface area (Å²) >= 11 is 6.73. The number of benzene rings is 4. The second-order valence-corrected chi connectivity index (χ2v) is 14.9. The monoisotopic (exact) mass is 756 g/mol. The molecular formula is C43H41ClN6O5. The van der Waals surface area contributed by atoms with Gasteiger partial charge in [0.1, 0.15) is 5.75 Å². The predicted molar refractivity (Wildman–Crippen MR) is 211 cm³/mol. The number of anilines is 2. The van der Waals surface area contributed by atoms with Crippen molar-refractivity contribution in [1.29, 1.82) is 0 Å². The van der Waals surface area contributed by atoms with Crippen LogP contribution >= 0.6 is 11.6 Å². The highest BCUT2D eigenvalue weighted by Gasteiger charge is 2.35. The van der Waals surface area contributed by atoms with Crippen LogP contribution in [0.1, 0.15) is 37.5 Å². The van der Waals surface area contributed by atoms with Crippen LogP contribution in [0.3, 0.4) is 0 Å². The van der Waals surface area contributed by atoms with Crippen LogP contribution in [0.2, 0.25) is 5.02 Å². The molecule has 1 N–H and O–H groups in total. The van der Waals surface area contributed by atoms with Gasteiger partial charge in [-0.3, -0.25) is 24.1 Å². The summed E-state index contributed by atoms with van der Waals surface area (Å²) < 4.78 is 15.5. The van der Waals surface area contributed by atoms with E-state index in [1.54, 1.807) is 46.1 Å². The van der Waals surface area contributed by atoms with Gasteiger partial charge in [-0.15, -0.1) is 0 Å². The lowest BCUT2D eigenvalue weighted by Gasteiger charge is -2.40. The number of aromatic nitrogens is 3. The number of carbonyl (C=O) groups is 2. The van der Waals surface area contributed by atoms with E-state index in [1.807, 2.05) is 54.4 Å². The number of hydrogen-bond donors (Lipinski definition) is 1. The highest BCUT2D eigenvalue weighted by Crippen LogP contribution is 2.38. The van der Waals surface area contributed by atoms with E-state index in [4.69, 9.17) is 21.1 Å². The van der Waals surface area contributed by atoms with Gasteiger partial charge in [0.2, 0.25) is 0 Å². The van der Waals surface area contributed by atoms with Crippen LogP contribution in [0, 0.1) is 0 Å². The fourth-order valence-corrected chi connectivity index (χ4v) is 8.44. The van der Waals surface area contributed by atoms with Crippen molar-refractivity contribution in [1.82, 2.24) is 24.1 Å². The van der Waals surface area contributed by atoms with E-state index in [-0.39, 0.29) is 30.2 Å². The number of morpholine rings is 1. The standard InChI is InChI=1S/C43H41ClN6O5/c1-46-39-13-9-33(21-30(39)24-45-46)50(32-7-10-35(51)11-8-32)43(53)38-23-40(48-16-19-55-27-41(38)48)37-22-31(44)6-12-36(37)42(52)49-25-29-5-3-2-4-28(29)20-34(49)26-47-14-17-54-18-15-47/h2-13,21-24,34,51H,14-20,25-27H2,1H3/t34-/m0/s1. The minimum absolute atomic E-state index is 0.0354. The van der Waals surface area contributed by atoms with Crippen LogP contribution in [0.25, 0.3) is 22.2 Å². The minimum Gasteiger partial charge on any atom is -0.508 e. The molecule has 0 spiro atoms. The molecule has 1 saturated heterocycles. The Bertz CT molecular complexity index is 2420. The normalized spacial score (nSPS) is 17.2. The molecule has 3 aliphatic heterocycles. The number of halogens is 1. The molecule has 0 unspecified atom stereocenters. The topological polar surface area (TPSA) is 105 Å². The van der Waals surface area contributed by atoms with E-state index in [1.165, 1.54) is 5.56 Å². The maximum atomic E-state index is 15.0. The second kappa shape index (κ2) is 14.6. The molecule has 1 atom stereocenters. The molecule has 1 fully saturated rings. The molecule has 0 saturated carbocycles.